The molecule has 0 atom stereocenters. The Morgan fingerprint density at radius 1 is 1.42 bits per heavy atom. The molecule has 0 spiro atoms. The molecule has 0 aliphatic heterocycles. The lowest BCUT2D eigenvalue weighted by molar-refractivity contribution is -0.118. The molecule has 0 fully saturated rings. The van der Waals surface area contributed by atoms with Crippen LogP contribution in [0.1, 0.15) is 31.9 Å². The van der Waals surface area contributed by atoms with E-state index in [1.54, 1.807) is 12.1 Å². The summed E-state index contributed by atoms with van der Waals surface area (Å²) in [5.41, 5.74) is 4.75. The standard InChI is InChI=1S/C16H22N4O4/c1-3-4-9-20-14(17)13(15(22)18-16(20)23)19(2)12(21)8-7-11-6-5-10-24-11/h5-6,10H,3-4,7-9,17H2,1-2H3,(H,18,22,23). The summed E-state index contributed by atoms with van der Waals surface area (Å²) in [4.78, 5) is 39.8. The second-order valence-electron chi connectivity index (χ2n) is 5.53. The van der Waals surface area contributed by atoms with Gasteiger partial charge in [-0.25, -0.2) is 4.79 Å². The Labute approximate surface area is 138 Å². The summed E-state index contributed by atoms with van der Waals surface area (Å²) >= 11 is 0. The van der Waals surface area contributed by atoms with Gasteiger partial charge in [-0.15, -0.1) is 0 Å². The van der Waals surface area contributed by atoms with E-state index in [1.807, 2.05) is 6.92 Å². The molecule has 8 nitrogen and oxygen atoms in total. The Morgan fingerprint density at radius 3 is 2.79 bits per heavy atom. The predicted octanol–water partition coefficient (Wildman–Crippen LogP) is 1.11. The molecule has 0 bridgehead atoms. The largest absolute Gasteiger partial charge is 0.469 e. The highest BCUT2D eigenvalue weighted by molar-refractivity contribution is 5.95. The molecule has 0 aromatic carbocycles. The number of rotatable bonds is 7. The van der Waals surface area contributed by atoms with Gasteiger partial charge >= 0.3 is 5.69 Å². The first kappa shape index (κ1) is 17.6. The molecule has 1 amide bonds. The summed E-state index contributed by atoms with van der Waals surface area (Å²) in [5.74, 6) is 0.405. The molecule has 24 heavy (non-hydrogen) atoms. The molecule has 2 heterocycles. The van der Waals surface area contributed by atoms with Gasteiger partial charge in [0.1, 0.15) is 11.6 Å². The van der Waals surface area contributed by atoms with Gasteiger partial charge in [0, 0.05) is 26.4 Å². The van der Waals surface area contributed by atoms with E-state index in [9.17, 15) is 14.4 Å². The molecule has 0 saturated heterocycles. The van der Waals surface area contributed by atoms with Crippen LogP contribution in [0.4, 0.5) is 11.5 Å². The van der Waals surface area contributed by atoms with Crippen molar-refractivity contribution >= 4 is 17.4 Å². The smallest absolute Gasteiger partial charge is 0.330 e. The van der Waals surface area contributed by atoms with E-state index in [4.69, 9.17) is 10.2 Å². The fraction of sp³-hybridized carbons (Fsp3) is 0.438. The third-order valence-corrected chi connectivity index (χ3v) is 3.82. The number of aromatic amines is 1. The number of nitrogens with zero attached hydrogens (tertiary/aromatic N) is 2. The van der Waals surface area contributed by atoms with Gasteiger partial charge < -0.3 is 15.1 Å². The lowest BCUT2D eigenvalue weighted by Crippen LogP contribution is -2.39. The number of hydrogen-bond donors (Lipinski definition) is 2. The fourth-order valence-electron chi connectivity index (χ4n) is 2.42. The molecule has 2 aromatic rings. The number of aryl methyl sites for hydroxylation is 1. The number of nitrogen functional groups attached to an aromatic ring is 1. The number of nitrogens with two attached hydrogens (primary N) is 1. The molecule has 0 radical (unpaired) electrons. The van der Waals surface area contributed by atoms with Gasteiger partial charge in [0.25, 0.3) is 5.56 Å². The summed E-state index contributed by atoms with van der Waals surface area (Å²) < 4.78 is 6.48. The van der Waals surface area contributed by atoms with Crippen LogP contribution in [0.15, 0.2) is 32.4 Å². The van der Waals surface area contributed by atoms with Crippen LogP contribution in [0.3, 0.4) is 0 Å². The lowest BCUT2D eigenvalue weighted by atomic mass is 10.2. The third kappa shape index (κ3) is 3.76. The highest BCUT2D eigenvalue weighted by Crippen LogP contribution is 2.17. The number of nitrogens with one attached hydrogen (secondary N) is 1. The highest BCUT2D eigenvalue weighted by atomic mass is 16.3. The summed E-state index contributed by atoms with van der Waals surface area (Å²) in [6.45, 7) is 2.37. The number of aromatic nitrogens is 2. The van der Waals surface area contributed by atoms with Gasteiger partial charge in [-0.1, -0.05) is 13.3 Å². The van der Waals surface area contributed by atoms with Gasteiger partial charge in [-0.2, -0.15) is 0 Å². The van der Waals surface area contributed by atoms with E-state index in [0.717, 1.165) is 12.8 Å². The first-order valence-electron chi connectivity index (χ1n) is 7.87. The SMILES string of the molecule is CCCCn1c(N)c(N(C)C(=O)CCc2ccco2)c(=O)[nH]c1=O. The average molecular weight is 334 g/mol. The molecule has 0 aliphatic rings. The summed E-state index contributed by atoms with van der Waals surface area (Å²) in [6.07, 6.45) is 3.74. The highest BCUT2D eigenvalue weighted by Gasteiger charge is 2.20. The lowest BCUT2D eigenvalue weighted by Gasteiger charge is -2.20. The summed E-state index contributed by atoms with van der Waals surface area (Å²) in [6, 6.07) is 3.52. The molecular formula is C16H22N4O4. The quantitative estimate of drug-likeness (QED) is 0.787. The van der Waals surface area contributed by atoms with Gasteiger partial charge in [-0.05, 0) is 18.6 Å². The van der Waals surface area contributed by atoms with Crippen LogP contribution in [0, 0.1) is 0 Å². The normalized spacial score (nSPS) is 10.8. The zero-order valence-electron chi connectivity index (χ0n) is 13.9. The minimum atomic E-state index is -0.668. The van der Waals surface area contributed by atoms with Crippen LogP contribution in [-0.4, -0.2) is 22.5 Å². The molecule has 8 heteroatoms. The molecule has 130 valence electrons. The first-order chi connectivity index (χ1) is 11.5. The van der Waals surface area contributed by atoms with Crippen molar-refractivity contribution in [3.8, 4) is 0 Å². The average Bonchev–Trinajstić information content (AvgIpc) is 3.05. The monoisotopic (exact) mass is 334 g/mol. The molecular weight excluding hydrogens is 312 g/mol. The van der Waals surface area contributed by atoms with Crippen molar-refractivity contribution < 1.29 is 9.21 Å². The zero-order valence-corrected chi connectivity index (χ0v) is 13.9. The topological polar surface area (TPSA) is 114 Å². The third-order valence-electron chi connectivity index (χ3n) is 3.82. The van der Waals surface area contributed by atoms with Crippen LogP contribution >= 0.6 is 0 Å². The van der Waals surface area contributed by atoms with Crippen molar-refractivity contribution in [2.24, 2.45) is 0 Å². The predicted molar refractivity (Wildman–Crippen MR) is 91.1 cm³/mol. The van der Waals surface area contributed by atoms with Gasteiger partial charge in [0.15, 0.2) is 5.69 Å². The Bertz CT molecular complexity index is 804. The van der Waals surface area contributed by atoms with Crippen LogP contribution < -0.4 is 21.9 Å². The van der Waals surface area contributed by atoms with Crippen molar-refractivity contribution in [2.45, 2.75) is 39.2 Å². The van der Waals surface area contributed by atoms with Crippen molar-refractivity contribution in [3.63, 3.8) is 0 Å². The maximum Gasteiger partial charge on any atom is 0.330 e. The van der Waals surface area contributed by atoms with E-state index in [2.05, 4.69) is 4.98 Å². The molecule has 3 N–H and O–H groups in total. The van der Waals surface area contributed by atoms with E-state index in [-0.39, 0.29) is 23.8 Å². The molecule has 2 rings (SSSR count). The first-order valence-corrected chi connectivity index (χ1v) is 7.87. The number of hydrogen-bond acceptors (Lipinski definition) is 5. The van der Waals surface area contributed by atoms with Crippen LogP contribution in [-0.2, 0) is 17.8 Å². The number of unbranched alkanes of at least 4 members (excludes halogenated alkanes) is 1. The Kier molecular flexibility index (Phi) is 5.62. The van der Waals surface area contributed by atoms with Crippen LogP contribution in [0.2, 0.25) is 0 Å². The Balaban J connectivity index is 2.24. The number of furan rings is 1. The van der Waals surface area contributed by atoms with E-state index in [0.29, 0.717) is 18.7 Å². The van der Waals surface area contributed by atoms with Crippen LogP contribution in [0.5, 0.6) is 0 Å². The van der Waals surface area contributed by atoms with Crippen molar-refractivity contribution in [1.29, 1.82) is 0 Å². The van der Waals surface area contributed by atoms with E-state index < -0.39 is 11.2 Å². The maximum atomic E-state index is 12.3. The van der Waals surface area contributed by atoms with Gasteiger partial charge in [0.2, 0.25) is 5.91 Å². The number of carbonyl (C=O) groups excluding carboxylic acids is 1. The fourth-order valence-corrected chi connectivity index (χ4v) is 2.42. The molecule has 0 aliphatic carbocycles. The second kappa shape index (κ2) is 7.67. The minimum Gasteiger partial charge on any atom is -0.469 e. The summed E-state index contributed by atoms with van der Waals surface area (Å²) in [7, 11) is 1.47. The zero-order chi connectivity index (χ0) is 17.7. The van der Waals surface area contributed by atoms with Crippen molar-refractivity contribution in [1.82, 2.24) is 9.55 Å². The second-order valence-corrected chi connectivity index (χ2v) is 5.53. The Morgan fingerprint density at radius 2 is 2.17 bits per heavy atom. The number of H-pyrrole nitrogens is 1. The molecule has 2 aromatic heterocycles. The van der Waals surface area contributed by atoms with E-state index >= 15 is 0 Å². The summed E-state index contributed by atoms with van der Waals surface area (Å²) in [5, 5.41) is 0. The van der Waals surface area contributed by atoms with Crippen LogP contribution in [0.25, 0.3) is 0 Å². The Hall–Kier alpha value is -2.77. The van der Waals surface area contributed by atoms with E-state index in [1.165, 1.54) is 22.8 Å². The number of carbonyl (C=O) groups is 1. The number of amides is 1. The van der Waals surface area contributed by atoms with Crippen molar-refractivity contribution in [3.05, 3.63) is 45.0 Å². The van der Waals surface area contributed by atoms with Gasteiger partial charge in [0.05, 0.1) is 6.26 Å². The molecule has 0 unspecified atom stereocenters. The van der Waals surface area contributed by atoms with Gasteiger partial charge in [-0.3, -0.25) is 19.1 Å². The maximum absolute atomic E-state index is 12.3. The van der Waals surface area contributed by atoms with Crippen molar-refractivity contribution in [2.75, 3.05) is 17.7 Å². The minimum absolute atomic E-state index is 0.00449. The number of anilines is 2. The molecule has 0 saturated carbocycles.